The van der Waals surface area contributed by atoms with Crippen LogP contribution in [0.4, 0.5) is 5.82 Å². The van der Waals surface area contributed by atoms with Gasteiger partial charge in [-0.15, -0.1) is 0 Å². The number of fused-ring (bicyclic) bond motifs is 1. The lowest BCUT2D eigenvalue weighted by molar-refractivity contribution is 0.0996. The second-order valence-electron chi connectivity index (χ2n) is 4.87. The van der Waals surface area contributed by atoms with Gasteiger partial charge in [-0.05, 0) is 25.8 Å². The van der Waals surface area contributed by atoms with Gasteiger partial charge in [0.2, 0.25) is 0 Å². The van der Waals surface area contributed by atoms with Gasteiger partial charge in [-0.1, -0.05) is 0 Å². The fourth-order valence-electron chi connectivity index (χ4n) is 2.47. The molecule has 2 unspecified atom stereocenters. The van der Waals surface area contributed by atoms with Crippen LogP contribution in [-0.2, 0) is 11.8 Å². The highest BCUT2D eigenvalue weighted by molar-refractivity contribution is 5.85. The summed E-state index contributed by atoms with van der Waals surface area (Å²) in [6.07, 6.45) is 6.18. The Morgan fingerprint density at radius 3 is 3.17 bits per heavy atom. The molecule has 3 rings (SSSR count). The molecule has 2 aromatic rings. The Kier molecular flexibility index (Phi) is 2.91. The summed E-state index contributed by atoms with van der Waals surface area (Å²) in [7, 11) is 1.99. The van der Waals surface area contributed by atoms with E-state index >= 15 is 0 Å². The van der Waals surface area contributed by atoms with Crippen molar-refractivity contribution in [1.29, 1.82) is 0 Å². The van der Waals surface area contributed by atoms with E-state index < -0.39 is 0 Å². The molecule has 1 aliphatic heterocycles. The van der Waals surface area contributed by atoms with Crippen molar-refractivity contribution in [2.24, 2.45) is 7.05 Å². The monoisotopic (exact) mass is 246 g/mol. The standard InChI is InChI=1S/C13H18N4O/c1-9(11-4-3-7-18-11)16-13-12-10(5-6-14-13)17(2)8-15-12/h5-6,8-9,11H,3-4,7H2,1-2H3,(H,14,16). The van der Waals surface area contributed by atoms with Gasteiger partial charge in [-0.2, -0.15) is 0 Å². The van der Waals surface area contributed by atoms with Crippen molar-refractivity contribution in [1.82, 2.24) is 14.5 Å². The molecule has 2 atom stereocenters. The Labute approximate surface area is 106 Å². The lowest BCUT2D eigenvalue weighted by Gasteiger charge is -2.20. The van der Waals surface area contributed by atoms with E-state index in [4.69, 9.17) is 4.74 Å². The number of imidazole rings is 1. The van der Waals surface area contributed by atoms with Crippen LogP contribution in [0.2, 0.25) is 0 Å². The molecule has 0 bridgehead atoms. The van der Waals surface area contributed by atoms with Crippen molar-refractivity contribution in [3.8, 4) is 0 Å². The molecule has 1 saturated heterocycles. The quantitative estimate of drug-likeness (QED) is 0.899. The number of hydrogen-bond donors (Lipinski definition) is 1. The van der Waals surface area contributed by atoms with Crippen molar-refractivity contribution in [3.05, 3.63) is 18.6 Å². The van der Waals surface area contributed by atoms with Crippen molar-refractivity contribution in [2.45, 2.75) is 31.9 Å². The van der Waals surface area contributed by atoms with Crippen molar-refractivity contribution < 1.29 is 4.74 Å². The molecule has 18 heavy (non-hydrogen) atoms. The van der Waals surface area contributed by atoms with Gasteiger partial charge < -0.3 is 14.6 Å². The minimum atomic E-state index is 0.257. The Hall–Kier alpha value is -1.62. The minimum absolute atomic E-state index is 0.257. The lowest BCUT2D eigenvalue weighted by atomic mass is 10.1. The molecule has 5 nitrogen and oxygen atoms in total. The van der Waals surface area contributed by atoms with Crippen LogP contribution in [0.3, 0.4) is 0 Å². The highest BCUT2D eigenvalue weighted by Gasteiger charge is 2.23. The molecule has 0 spiro atoms. The second kappa shape index (κ2) is 4.57. The molecule has 2 aromatic heterocycles. The van der Waals surface area contributed by atoms with Crippen LogP contribution < -0.4 is 5.32 Å². The molecule has 3 heterocycles. The third-order valence-electron chi connectivity index (χ3n) is 3.53. The zero-order valence-corrected chi connectivity index (χ0v) is 10.8. The van der Waals surface area contributed by atoms with E-state index in [0.717, 1.165) is 36.3 Å². The van der Waals surface area contributed by atoms with E-state index in [9.17, 15) is 0 Å². The van der Waals surface area contributed by atoms with Gasteiger partial charge >= 0.3 is 0 Å². The first-order valence-corrected chi connectivity index (χ1v) is 6.40. The highest BCUT2D eigenvalue weighted by atomic mass is 16.5. The van der Waals surface area contributed by atoms with Crippen molar-refractivity contribution in [2.75, 3.05) is 11.9 Å². The lowest BCUT2D eigenvalue weighted by Crippen LogP contribution is -2.30. The summed E-state index contributed by atoms with van der Waals surface area (Å²) < 4.78 is 7.69. The van der Waals surface area contributed by atoms with Crippen LogP contribution in [0.15, 0.2) is 18.6 Å². The fraction of sp³-hybridized carbons (Fsp3) is 0.538. The minimum Gasteiger partial charge on any atom is -0.376 e. The van der Waals surface area contributed by atoms with Crippen LogP contribution in [0, 0.1) is 0 Å². The number of anilines is 1. The molecule has 0 saturated carbocycles. The van der Waals surface area contributed by atoms with Crippen LogP contribution in [0.25, 0.3) is 11.0 Å². The maximum atomic E-state index is 5.69. The number of nitrogens with one attached hydrogen (secondary N) is 1. The molecule has 0 radical (unpaired) electrons. The first kappa shape index (κ1) is 11.5. The molecule has 0 aromatic carbocycles. The average molecular weight is 246 g/mol. The second-order valence-corrected chi connectivity index (χ2v) is 4.87. The van der Waals surface area contributed by atoms with E-state index in [-0.39, 0.29) is 12.1 Å². The average Bonchev–Trinajstić information content (AvgIpc) is 3.00. The summed E-state index contributed by atoms with van der Waals surface area (Å²) in [5.74, 6) is 0.844. The molecule has 0 amide bonds. The zero-order valence-electron chi connectivity index (χ0n) is 10.8. The number of pyridine rings is 1. The number of aromatic nitrogens is 3. The van der Waals surface area contributed by atoms with Gasteiger partial charge in [-0.3, -0.25) is 0 Å². The molecule has 0 aliphatic carbocycles. The number of rotatable bonds is 3. The fourth-order valence-corrected chi connectivity index (χ4v) is 2.47. The van der Waals surface area contributed by atoms with Gasteiger partial charge in [-0.25, -0.2) is 9.97 Å². The molecule has 1 fully saturated rings. The third-order valence-corrected chi connectivity index (χ3v) is 3.53. The maximum Gasteiger partial charge on any atom is 0.154 e. The molecular formula is C13H18N4O. The van der Waals surface area contributed by atoms with Crippen LogP contribution in [-0.4, -0.2) is 33.3 Å². The number of ether oxygens (including phenoxy) is 1. The smallest absolute Gasteiger partial charge is 0.154 e. The van der Waals surface area contributed by atoms with Gasteiger partial charge in [0.1, 0.15) is 5.52 Å². The van der Waals surface area contributed by atoms with Gasteiger partial charge in [0.15, 0.2) is 5.82 Å². The molecule has 5 heteroatoms. The summed E-state index contributed by atoms with van der Waals surface area (Å²) in [5, 5.41) is 3.43. The first-order valence-electron chi connectivity index (χ1n) is 6.40. The van der Waals surface area contributed by atoms with Crippen molar-refractivity contribution >= 4 is 16.9 Å². The summed E-state index contributed by atoms with van der Waals surface area (Å²) in [6.45, 7) is 3.01. The third kappa shape index (κ3) is 1.95. The zero-order chi connectivity index (χ0) is 12.5. The van der Waals surface area contributed by atoms with E-state index in [1.54, 1.807) is 0 Å². The van der Waals surface area contributed by atoms with Crippen LogP contribution in [0.5, 0.6) is 0 Å². The molecule has 96 valence electrons. The van der Waals surface area contributed by atoms with E-state index in [0.29, 0.717) is 0 Å². The SMILES string of the molecule is CC(Nc1nccc2c1ncn2C)C1CCCO1. The maximum absolute atomic E-state index is 5.69. The van der Waals surface area contributed by atoms with Gasteiger partial charge in [0.25, 0.3) is 0 Å². The predicted octanol–water partition coefficient (Wildman–Crippen LogP) is 1.95. The molecule has 1 aliphatic rings. The predicted molar refractivity (Wildman–Crippen MR) is 70.6 cm³/mol. The Morgan fingerprint density at radius 1 is 1.50 bits per heavy atom. The molecule has 1 N–H and O–H groups in total. The van der Waals surface area contributed by atoms with E-state index in [1.807, 2.05) is 30.2 Å². The summed E-state index contributed by atoms with van der Waals surface area (Å²) >= 11 is 0. The number of nitrogens with zero attached hydrogens (tertiary/aromatic N) is 3. The van der Waals surface area contributed by atoms with Gasteiger partial charge in [0.05, 0.1) is 24.0 Å². The Morgan fingerprint density at radius 2 is 2.39 bits per heavy atom. The molecular weight excluding hydrogens is 228 g/mol. The van der Waals surface area contributed by atoms with E-state index in [1.165, 1.54) is 0 Å². The largest absolute Gasteiger partial charge is 0.376 e. The van der Waals surface area contributed by atoms with Crippen LogP contribution in [0.1, 0.15) is 19.8 Å². The summed E-state index contributed by atoms with van der Waals surface area (Å²) in [4.78, 5) is 8.78. The number of aryl methyl sites for hydroxylation is 1. The van der Waals surface area contributed by atoms with Gasteiger partial charge in [0, 0.05) is 19.9 Å². The summed E-state index contributed by atoms with van der Waals surface area (Å²) in [5.41, 5.74) is 2.01. The van der Waals surface area contributed by atoms with E-state index in [2.05, 4.69) is 22.2 Å². The highest BCUT2D eigenvalue weighted by Crippen LogP contribution is 2.22. The van der Waals surface area contributed by atoms with Crippen LogP contribution >= 0.6 is 0 Å². The summed E-state index contributed by atoms with van der Waals surface area (Å²) in [6, 6.07) is 2.23. The number of hydrogen-bond acceptors (Lipinski definition) is 4. The Bertz CT molecular complexity index is 545. The normalized spacial score (nSPS) is 21.3. The van der Waals surface area contributed by atoms with Crippen molar-refractivity contribution in [3.63, 3.8) is 0 Å². The first-order chi connectivity index (χ1) is 8.75. The topological polar surface area (TPSA) is 52.0 Å². The Balaban J connectivity index is 1.85.